The van der Waals surface area contributed by atoms with Crippen molar-refractivity contribution < 1.29 is 0 Å². The van der Waals surface area contributed by atoms with Crippen LogP contribution in [0.5, 0.6) is 0 Å². The molecule has 0 spiro atoms. The third-order valence-electron chi connectivity index (χ3n) is 5.60. The highest BCUT2D eigenvalue weighted by molar-refractivity contribution is 7.16. The molecule has 1 aromatic heterocycles. The van der Waals surface area contributed by atoms with Crippen molar-refractivity contribution in [1.29, 1.82) is 0 Å². The maximum atomic E-state index is 5.98. The number of thiophene rings is 1. The molecule has 4 rings (SSSR count). The summed E-state index contributed by atoms with van der Waals surface area (Å²) in [6.07, 6.45) is 7.48. The van der Waals surface area contributed by atoms with Crippen molar-refractivity contribution in [2.45, 2.75) is 44.7 Å². The lowest BCUT2D eigenvalue weighted by atomic mass is 9.79. The molecule has 3 fully saturated rings. The van der Waals surface area contributed by atoms with Crippen molar-refractivity contribution in [2.75, 3.05) is 0 Å². The summed E-state index contributed by atoms with van der Waals surface area (Å²) in [5.74, 6) is 4.20. The van der Waals surface area contributed by atoms with Gasteiger partial charge in [0.05, 0.1) is 4.34 Å². The fraction of sp³-hybridized carbons (Fsp3) is 0.733. The van der Waals surface area contributed by atoms with E-state index in [-0.39, 0.29) is 0 Å². The zero-order chi connectivity index (χ0) is 12.1. The maximum absolute atomic E-state index is 5.98. The highest BCUT2D eigenvalue weighted by Crippen LogP contribution is 2.58. The van der Waals surface area contributed by atoms with E-state index in [4.69, 9.17) is 11.6 Å². The van der Waals surface area contributed by atoms with Gasteiger partial charge >= 0.3 is 0 Å². The Morgan fingerprint density at radius 3 is 2.89 bits per heavy atom. The van der Waals surface area contributed by atoms with Crippen molar-refractivity contribution in [3.8, 4) is 0 Å². The van der Waals surface area contributed by atoms with Crippen molar-refractivity contribution in [3.05, 3.63) is 21.3 Å². The molecule has 5 atom stereocenters. The van der Waals surface area contributed by atoms with Gasteiger partial charge in [-0.1, -0.05) is 18.0 Å². The molecule has 0 amide bonds. The lowest BCUT2D eigenvalue weighted by molar-refractivity contribution is 0.208. The summed E-state index contributed by atoms with van der Waals surface area (Å²) in [4.78, 5) is 1.38. The first-order chi connectivity index (χ1) is 8.81. The molecule has 3 heteroatoms. The summed E-state index contributed by atoms with van der Waals surface area (Å²) in [6.45, 7) is 1.02. The smallest absolute Gasteiger partial charge is 0.0931 e. The van der Waals surface area contributed by atoms with Crippen LogP contribution in [-0.2, 0) is 6.54 Å². The van der Waals surface area contributed by atoms with Gasteiger partial charge in [0.15, 0.2) is 0 Å². The third-order valence-corrected chi connectivity index (χ3v) is 6.83. The summed E-state index contributed by atoms with van der Waals surface area (Å²) < 4.78 is 0.913. The minimum atomic E-state index is 0.787. The molecule has 1 N–H and O–H groups in total. The predicted molar refractivity (Wildman–Crippen MR) is 77.0 cm³/mol. The van der Waals surface area contributed by atoms with E-state index in [2.05, 4.69) is 11.4 Å². The molecule has 1 heterocycles. The Hall–Kier alpha value is -0.0500. The van der Waals surface area contributed by atoms with Crippen LogP contribution in [0.2, 0.25) is 4.34 Å². The van der Waals surface area contributed by atoms with Crippen LogP contribution >= 0.6 is 22.9 Å². The van der Waals surface area contributed by atoms with Crippen LogP contribution in [0.3, 0.4) is 0 Å². The molecule has 98 valence electrons. The maximum Gasteiger partial charge on any atom is 0.0931 e. The summed E-state index contributed by atoms with van der Waals surface area (Å²) in [6, 6.07) is 4.96. The third kappa shape index (κ3) is 1.85. The molecule has 1 aromatic rings. The lowest BCUT2D eigenvalue weighted by Gasteiger charge is -2.32. The van der Waals surface area contributed by atoms with Gasteiger partial charge in [-0.05, 0) is 61.5 Å². The van der Waals surface area contributed by atoms with Gasteiger partial charge in [-0.15, -0.1) is 11.3 Å². The molecule has 0 saturated heterocycles. The number of hydrogen-bond donors (Lipinski definition) is 1. The van der Waals surface area contributed by atoms with E-state index in [1.165, 1.54) is 37.0 Å². The van der Waals surface area contributed by atoms with E-state index >= 15 is 0 Å². The summed E-state index contributed by atoms with van der Waals surface area (Å²) in [5, 5.41) is 3.81. The molecule has 3 aliphatic rings. The highest BCUT2D eigenvalue weighted by Gasteiger charge is 2.53. The van der Waals surface area contributed by atoms with Gasteiger partial charge in [0.1, 0.15) is 0 Å². The second-order valence-corrected chi connectivity index (χ2v) is 8.15. The van der Waals surface area contributed by atoms with E-state index in [9.17, 15) is 0 Å². The lowest BCUT2D eigenvalue weighted by Crippen LogP contribution is -2.38. The second-order valence-electron chi connectivity index (χ2n) is 6.35. The van der Waals surface area contributed by atoms with Gasteiger partial charge in [-0.25, -0.2) is 0 Å². The summed E-state index contributed by atoms with van der Waals surface area (Å²) >= 11 is 7.70. The summed E-state index contributed by atoms with van der Waals surface area (Å²) in [7, 11) is 0. The SMILES string of the molecule is Clc1ccc(CNC2CC3CC2C2CCCC32)s1. The average Bonchev–Trinajstić information content (AvgIpc) is 3.08. The van der Waals surface area contributed by atoms with Crippen molar-refractivity contribution in [3.63, 3.8) is 0 Å². The van der Waals surface area contributed by atoms with Gasteiger partial charge in [0.25, 0.3) is 0 Å². The van der Waals surface area contributed by atoms with Gasteiger partial charge in [-0.2, -0.15) is 0 Å². The van der Waals surface area contributed by atoms with Crippen molar-refractivity contribution in [2.24, 2.45) is 23.7 Å². The Balaban J connectivity index is 1.39. The Morgan fingerprint density at radius 1 is 1.17 bits per heavy atom. The fourth-order valence-electron chi connectivity index (χ4n) is 4.98. The average molecular weight is 282 g/mol. The van der Waals surface area contributed by atoms with E-state index in [0.717, 1.165) is 40.6 Å². The zero-order valence-corrected chi connectivity index (χ0v) is 12.1. The Bertz CT molecular complexity index is 443. The highest BCUT2D eigenvalue weighted by atomic mass is 35.5. The molecular formula is C15H20ClNS. The molecule has 3 aliphatic carbocycles. The van der Waals surface area contributed by atoms with E-state index < -0.39 is 0 Å². The normalized spacial score (nSPS) is 41.5. The molecule has 0 radical (unpaired) electrons. The first kappa shape index (κ1) is 11.7. The number of halogens is 1. The van der Waals surface area contributed by atoms with Crippen LogP contribution in [0.25, 0.3) is 0 Å². The molecule has 18 heavy (non-hydrogen) atoms. The quantitative estimate of drug-likeness (QED) is 0.870. The first-order valence-electron chi connectivity index (χ1n) is 7.29. The van der Waals surface area contributed by atoms with E-state index in [1.54, 1.807) is 11.3 Å². The van der Waals surface area contributed by atoms with Gasteiger partial charge in [0.2, 0.25) is 0 Å². The number of nitrogens with one attached hydrogen (secondary N) is 1. The van der Waals surface area contributed by atoms with Crippen LogP contribution < -0.4 is 5.32 Å². The monoisotopic (exact) mass is 281 g/mol. The molecule has 5 unspecified atom stereocenters. The van der Waals surface area contributed by atoms with Crippen LogP contribution in [0, 0.1) is 23.7 Å². The van der Waals surface area contributed by atoms with Gasteiger partial charge in [0, 0.05) is 17.5 Å². The Kier molecular flexibility index (Phi) is 2.94. The number of fused-ring (bicyclic) bond motifs is 5. The predicted octanol–water partition coefficient (Wildman–Crippen LogP) is 4.32. The minimum absolute atomic E-state index is 0.787. The zero-order valence-electron chi connectivity index (χ0n) is 10.6. The molecule has 0 aliphatic heterocycles. The molecule has 0 aromatic carbocycles. The molecule has 3 saturated carbocycles. The Morgan fingerprint density at radius 2 is 2.06 bits per heavy atom. The molecular weight excluding hydrogens is 262 g/mol. The largest absolute Gasteiger partial charge is 0.309 e. The van der Waals surface area contributed by atoms with Crippen LogP contribution in [0.15, 0.2) is 12.1 Å². The second kappa shape index (κ2) is 4.50. The topological polar surface area (TPSA) is 12.0 Å². The first-order valence-corrected chi connectivity index (χ1v) is 8.48. The van der Waals surface area contributed by atoms with Crippen molar-refractivity contribution >= 4 is 22.9 Å². The Labute approximate surface area is 118 Å². The van der Waals surface area contributed by atoms with E-state index in [0.29, 0.717) is 0 Å². The van der Waals surface area contributed by atoms with Crippen LogP contribution in [0.1, 0.15) is 37.0 Å². The molecule has 1 nitrogen and oxygen atoms in total. The number of rotatable bonds is 3. The summed E-state index contributed by atoms with van der Waals surface area (Å²) in [5.41, 5.74) is 0. The fourth-order valence-corrected chi connectivity index (χ4v) is 6.02. The van der Waals surface area contributed by atoms with Crippen LogP contribution in [-0.4, -0.2) is 6.04 Å². The minimum Gasteiger partial charge on any atom is -0.309 e. The standard InChI is InChI=1S/C15H20ClNS/c16-15-5-4-10(18-15)8-17-14-7-9-6-13(14)12-3-1-2-11(9)12/h4-5,9,11-14,17H,1-3,6-8H2. The van der Waals surface area contributed by atoms with Gasteiger partial charge in [-0.3, -0.25) is 0 Å². The van der Waals surface area contributed by atoms with E-state index in [1.807, 2.05) is 6.07 Å². The number of hydrogen-bond acceptors (Lipinski definition) is 2. The molecule has 2 bridgehead atoms. The van der Waals surface area contributed by atoms with Crippen molar-refractivity contribution in [1.82, 2.24) is 5.32 Å². The van der Waals surface area contributed by atoms with Gasteiger partial charge < -0.3 is 5.32 Å². The van der Waals surface area contributed by atoms with Crippen LogP contribution in [0.4, 0.5) is 0 Å².